The highest BCUT2D eigenvalue weighted by molar-refractivity contribution is 5.92. The van der Waals surface area contributed by atoms with Crippen molar-refractivity contribution in [3.8, 4) is 11.8 Å². The lowest BCUT2D eigenvalue weighted by molar-refractivity contribution is 0.0697. The van der Waals surface area contributed by atoms with E-state index in [0.717, 1.165) is 6.07 Å². The second-order valence-electron chi connectivity index (χ2n) is 4.40. The average Bonchev–Trinajstić information content (AvgIpc) is 2.89. The van der Waals surface area contributed by atoms with E-state index in [1.807, 2.05) is 6.07 Å². The number of nitrogens with zero attached hydrogens (tertiary/aromatic N) is 3. The van der Waals surface area contributed by atoms with Gasteiger partial charge in [0, 0.05) is 0 Å². The molecule has 3 aromatic rings. The maximum absolute atomic E-state index is 13.2. The zero-order valence-corrected chi connectivity index (χ0v) is 10.6. The van der Waals surface area contributed by atoms with Gasteiger partial charge in [0.25, 0.3) is 0 Å². The van der Waals surface area contributed by atoms with Gasteiger partial charge in [0.15, 0.2) is 0 Å². The van der Waals surface area contributed by atoms with E-state index < -0.39 is 11.8 Å². The van der Waals surface area contributed by atoms with Gasteiger partial charge in [-0.1, -0.05) is 0 Å². The van der Waals surface area contributed by atoms with Gasteiger partial charge in [-0.15, -0.1) is 0 Å². The number of rotatable bonds is 2. The van der Waals surface area contributed by atoms with Crippen LogP contribution >= 0.6 is 0 Å². The molecule has 21 heavy (non-hydrogen) atoms. The van der Waals surface area contributed by atoms with Crippen molar-refractivity contribution in [2.24, 2.45) is 0 Å². The number of hydrogen-bond donors (Lipinski definition) is 1. The average molecular weight is 281 g/mol. The minimum atomic E-state index is -1.04. The van der Waals surface area contributed by atoms with E-state index in [4.69, 9.17) is 10.4 Å². The van der Waals surface area contributed by atoms with Gasteiger partial charge in [-0.3, -0.25) is 4.57 Å². The van der Waals surface area contributed by atoms with Crippen molar-refractivity contribution in [1.29, 1.82) is 5.26 Å². The van der Waals surface area contributed by atoms with Gasteiger partial charge in [0.05, 0.1) is 27.8 Å². The van der Waals surface area contributed by atoms with Crippen LogP contribution in [0.5, 0.6) is 0 Å². The van der Waals surface area contributed by atoms with Crippen molar-refractivity contribution < 1.29 is 14.3 Å². The van der Waals surface area contributed by atoms with E-state index in [1.54, 1.807) is 10.6 Å². The molecule has 0 bridgehead atoms. The highest BCUT2D eigenvalue weighted by Gasteiger charge is 2.12. The fourth-order valence-corrected chi connectivity index (χ4v) is 2.15. The topological polar surface area (TPSA) is 78.9 Å². The molecule has 3 rings (SSSR count). The number of imidazole rings is 1. The summed E-state index contributed by atoms with van der Waals surface area (Å²) in [5, 5.41) is 18.1. The van der Waals surface area contributed by atoms with E-state index in [2.05, 4.69) is 4.98 Å². The Kier molecular flexibility index (Phi) is 2.88. The first-order chi connectivity index (χ1) is 10.1. The van der Waals surface area contributed by atoms with Crippen LogP contribution in [0.15, 0.2) is 42.7 Å². The third-order valence-electron chi connectivity index (χ3n) is 3.13. The Morgan fingerprint density at radius 2 is 2.10 bits per heavy atom. The SMILES string of the molecule is N#Cc1cc(F)ccc1-n1cnc2cc(C(=O)O)ccc21. The number of halogens is 1. The van der Waals surface area contributed by atoms with Gasteiger partial charge >= 0.3 is 5.97 Å². The molecule has 2 aromatic carbocycles. The number of hydrogen-bond acceptors (Lipinski definition) is 3. The summed E-state index contributed by atoms with van der Waals surface area (Å²) in [4.78, 5) is 15.1. The first kappa shape index (κ1) is 12.8. The summed E-state index contributed by atoms with van der Waals surface area (Å²) in [5.74, 6) is -1.53. The van der Waals surface area contributed by atoms with E-state index in [-0.39, 0.29) is 11.1 Å². The quantitative estimate of drug-likeness (QED) is 0.783. The largest absolute Gasteiger partial charge is 0.478 e. The third kappa shape index (κ3) is 2.11. The standard InChI is InChI=1S/C15H8FN3O2/c16-11-2-4-13(10(5-11)7-17)19-8-18-12-6-9(15(20)21)1-3-14(12)19/h1-6,8H,(H,20,21). The first-order valence-corrected chi connectivity index (χ1v) is 6.00. The summed E-state index contributed by atoms with van der Waals surface area (Å²) in [7, 11) is 0. The van der Waals surface area contributed by atoms with Crippen molar-refractivity contribution in [2.45, 2.75) is 0 Å². The zero-order chi connectivity index (χ0) is 15.0. The number of aromatic nitrogens is 2. The van der Waals surface area contributed by atoms with Crippen molar-refractivity contribution >= 4 is 17.0 Å². The highest BCUT2D eigenvalue weighted by atomic mass is 19.1. The van der Waals surface area contributed by atoms with Crippen molar-refractivity contribution in [3.63, 3.8) is 0 Å². The molecule has 0 spiro atoms. The Hall–Kier alpha value is -3.20. The zero-order valence-electron chi connectivity index (χ0n) is 10.6. The van der Waals surface area contributed by atoms with E-state index in [9.17, 15) is 9.18 Å². The second-order valence-corrected chi connectivity index (χ2v) is 4.40. The molecule has 0 saturated heterocycles. The Morgan fingerprint density at radius 1 is 1.29 bits per heavy atom. The van der Waals surface area contributed by atoms with Gasteiger partial charge in [-0.25, -0.2) is 14.2 Å². The second kappa shape index (κ2) is 4.72. The molecule has 1 N–H and O–H groups in total. The lowest BCUT2D eigenvalue weighted by Crippen LogP contribution is -1.98. The van der Waals surface area contributed by atoms with E-state index in [0.29, 0.717) is 16.7 Å². The fraction of sp³-hybridized carbons (Fsp3) is 0. The molecule has 1 heterocycles. The number of carbonyl (C=O) groups is 1. The summed E-state index contributed by atoms with van der Waals surface area (Å²) in [6, 6.07) is 10.3. The predicted octanol–water partition coefficient (Wildman–Crippen LogP) is 2.73. The van der Waals surface area contributed by atoms with Gasteiger partial charge < -0.3 is 5.11 Å². The van der Waals surface area contributed by atoms with Crippen LogP contribution in [-0.4, -0.2) is 20.6 Å². The summed E-state index contributed by atoms with van der Waals surface area (Å²) in [5.41, 5.74) is 1.93. The lowest BCUT2D eigenvalue weighted by Gasteiger charge is -2.06. The number of fused-ring (bicyclic) bond motifs is 1. The molecule has 0 saturated carbocycles. The molecular formula is C15H8FN3O2. The number of benzene rings is 2. The van der Waals surface area contributed by atoms with Crippen LogP contribution in [0.3, 0.4) is 0 Å². The molecule has 5 nitrogen and oxygen atoms in total. The molecule has 6 heteroatoms. The molecule has 0 amide bonds. The summed E-state index contributed by atoms with van der Waals surface area (Å²) < 4.78 is 14.8. The maximum atomic E-state index is 13.2. The minimum absolute atomic E-state index is 0.132. The third-order valence-corrected chi connectivity index (χ3v) is 3.13. The maximum Gasteiger partial charge on any atom is 0.335 e. The number of aromatic carboxylic acids is 1. The predicted molar refractivity (Wildman–Crippen MR) is 72.7 cm³/mol. The Morgan fingerprint density at radius 3 is 2.81 bits per heavy atom. The summed E-state index contributed by atoms with van der Waals surface area (Å²) >= 11 is 0. The van der Waals surface area contributed by atoms with Crippen LogP contribution in [0.1, 0.15) is 15.9 Å². The molecule has 0 aliphatic carbocycles. The molecule has 0 fully saturated rings. The number of carboxylic acids is 1. The van der Waals surface area contributed by atoms with Crippen LogP contribution in [0.2, 0.25) is 0 Å². The van der Waals surface area contributed by atoms with Crippen molar-refractivity contribution in [3.05, 3.63) is 59.7 Å². The molecule has 0 aliphatic rings. The van der Waals surface area contributed by atoms with Gasteiger partial charge in [-0.2, -0.15) is 5.26 Å². The number of nitriles is 1. The van der Waals surface area contributed by atoms with Crippen LogP contribution in [0.4, 0.5) is 4.39 Å². The van der Waals surface area contributed by atoms with Gasteiger partial charge in [-0.05, 0) is 36.4 Å². The Balaban J connectivity index is 2.23. The van der Waals surface area contributed by atoms with Gasteiger partial charge in [0.2, 0.25) is 0 Å². The molecular weight excluding hydrogens is 273 g/mol. The molecule has 102 valence electrons. The van der Waals surface area contributed by atoms with Crippen molar-refractivity contribution in [1.82, 2.24) is 9.55 Å². The Labute approximate surface area is 118 Å². The lowest BCUT2D eigenvalue weighted by atomic mass is 10.1. The van der Waals surface area contributed by atoms with E-state index in [1.165, 1.54) is 30.6 Å². The van der Waals surface area contributed by atoms with Crippen molar-refractivity contribution in [2.75, 3.05) is 0 Å². The molecule has 0 unspecified atom stereocenters. The normalized spacial score (nSPS) is 10.5. The molecule has 1 aromatic heterocycles. The highest BCUT2D eigenvalue weighted by Crippen LogP contribution is 2.22. The number of carboxylic acid groups (broad SMARTS) is 1. The van der Waals surface area contributed by atoms with Crippen LogP contribution < -0.4 is 0 Å². The van der Waals surface area contributed by atoms with Crippen LogP contribution in [0, 0.1) is 17.1 Å². The Bertz CT molecular complexity index is 909. The minimum Gasteiger partial charge on any atom is -0.478 e. The summed E-state index contributed by atoms with van der Waals surface area (Å²) in [6.07, 6.45) is 1.48. The fourth-order valence-electron chi connectivity index (χ4n) is 2.15. The molecule has 0 atom stereocenters. The van der Waals surface area contributed by atoms with E-state index >= 15 is 0 Å². The van der Waals surface area contributed by atoms with Gasteiger partial charge in [0.1, 0.15) is 18.2 Å². The van der Waals surface area contributed by atoms with Crippen LogP contribution in [0.25, 0.3) is 16.7 Å². The summed E-state index contributed by atoms with van der Waals surface area (Å²) in [6.45, 7) is 0. The smallest absolute Gasteiger partial charge is 0.335 e. The molecule has 0 aliphatic heterocycles. The first-order valence-electron chi connectivity index (χ1n) is 6.00. The monoisotopic (exact) mass is 281 g/mol. The molecule has 0 radical (unpaired) electrons. The van der Waals surface area contributed by atoms with Crippen LogP contribution in [-0.2, 0) is 0 Å².